The molecule has 0 amide bonds. The van der Waals surface area contributed by atoms with E-state index in [0.717, 1.165) is 67.3 Å². The number of benzene rings is 6. The molecule has 210 valence electrons. The monoisotopic (exact) mass is 566 g/mol. The Morgan fingerprint density at radius 1 is 0.477 bits per heavy atom. The number of ether oxygens (including phenoxy) is 1. The summed E-state index contributed by atoms with van der Waals surface area (Å²) in [6, 6.07) is 50.6. The standard InChI is InChI=1S/C41H30N2O/c1-41(2)34-17-9-11-19-37(34)44-38-26-30(24-25-35(38)41)27-20-22-28(23-21-27)31-14-6-7-15-32(31)40-42-36-18-10-8-16-33(36)39(43-40)29-12-4-3-5-13-29/h3-26H,1-2H3. The van der Waals surface area contributed by atoms with Gasteiger partial charge in [0.1, 0.15) is 11.5 Å². The van der Waals surface area contributed by atoms with Crippen LogP contribution in [-0.2, 0) is 5.41 Å². The molecule has 0 N–H and O–H groups in total. The topological polar surface area (TPSA) is 35.0 Å². The van der Waals surface area contributed by atoms with E-state index in [-0.39, 0.29) is 5.41 Å². The number of nitrogens with zero attached hydrogens (tertiary/aromatic N) is 2. The van der Waals surface area contributed by atoms with Gasteiger partial charge in [-0.3, -0.25) is 0 Å². The zero-order valence-electron chi connectivity index (χ0n) is 24.7. The number of aromatic nitrogens is 2. The highest BCUT2D eigenvalue weighted by Crippen LogP contribution is 2.48. The molecular formula is C41H30N2O. The first-order valence-electron chi connectivity index (χ1n) is 15.0. The number of hydrogen-bond donors (Lipinski definition) is 0. The van der Waals surface area contributed by atoms with Crippen molar-refractivity contribution in [3.05, 3.63) is 157 Å². The van der Waals surface area contributed by atoms with E-state index >= 15 is 0 Å². The summed E-state index contributed by atoms with van der Waals surface area (Å²) in [6.45, 7) is 4.53. The Labute approximate surface area is 257 Å². The molecule has 1 aliphatic heterocycles. The van der Waals surface area contributed by atoms with Crippen molar-refractivity contribution in [3.63, 3.8) is 0 Å². The average molecular weight is 567 g/mol. The van der Waals surface area contributed by atoms with Gasteiger partial charge >= 0.3 is 0 Å². The van der Waals surface area contributed by atoms with Gasteiger partial charge in [0.05, 0.1) is 11.2 Å². The lowest BCUT2D eigenvalue weighted by Gasteiger charge is -2.34. The van der Waals surface area contributed by atoms with Crippen LogP contribution in [0.4, 0.5) is 0 Å². The summed E-state index contributed by atoms with van der Waals surface area (Å²) in [4.78, 5) is 10.2. The molecule has 6 aromatic carbocycles. The second kappa shape index (κ2) is 10.3. The van der Waals surface area contributed by atoms with Crippen molar-refractivity contribution in [3.8, 4) is 56.4 Å². The SMILES string of the molecule is CC1(C)c2ccccc2Oc2cc(-c3ccc(-c4ccccc4-c4nc(-c5ccccc5)c5ccccc5n4)cc3)ccc21. The molecule has 1 aromatic heterocycles. The molecular weight excluding hydrogens is 536 g/mol. The molecule has 7 aromatic rings. The van der Waals surface area contributed by atoms with E-state index in [0.29, 0.717) is 0 Å². The fourth-order valence-corrected chi connectivity index (χ4v) is 6.42. The molecule has 8 rings (SSSR count). The van der Waals surface area contributed by atoms with Gasteiger partial charge in [0.2, 0.25) is 0 Å². The Morgan fingerprint density at radius 2 is 1.11 bits per heavy atom. The lowest BCUT2D eigenvalue weighted by molar-refractivity contribution is 0.418. The van der Waals surface area contributed by atoms with Crippen LogP contribution in [0, 0.1) is 0 Å². The van der Waals surface area contributed by atoms with Crippen LogP contribution in [0.2, 0.25) is 0 Å². The third-order valence-corrected chi connectivity index (χ3v) is 8.78. The Hall–Kier alpha value is -5.54. The van der Waals surface area contributed by atoms with E-state index in [1.54, 1.807) is 0 Å². The Kier molecular flexibility index (Phi) is 6.13. The van der Waals surface area contributed by atoms with Crippen molar-refractivity contribution >= 4 is 10.9 Å². The zero-order valence-corrected chi connectivity index (χ0v) is 24.7. The maximum Gasteiger partial charge on any atom is 0.161 e. The van der Waals surface area contributed by atoms with Gasteiger partial charge in [0.25, 0.3) is 0 Å². The highest BCUT2D eigenvalue weighted by atomic mass is 16.5. The molecule has 0 saturated heterocycles. The van der Waals surface area contributed by atoms with E-state index < -0.39 is 0 Å². The maximum atomic E-state index is 6.39. The maximum absolute atomic E-state index is 6.39. The largest absolute Gasteiger partial charge is 0.457 e. The summed E-state index contributed by atoms with van der Waals surface area (Å²) < 4.78 is 6.39. The molecule has 0 saturated carbocycles. The predicted molar refractivity (Wildman–Crippen MR) is 180 cm³/mol. The van der Waals surface area contributed by atoms with Crippen molar-refractivity contribution in [2.45, 2.75) is 19.3 Å². The molecule has 0 unspecified atom stereocenters. The number of para-hydroxylation sites is 2. The van der Waals surface area contributed by atoms with E-state index in [4.69, 9.17) is 14.7 Å². The van der Waals surface area contributed by atoms with Gasteiger partial charge in [-0.05, 0) is 40.5 Å². The summed E-state index contributed by atoms with van der Waals surface area (Å²) in [5.41, 5.74) is 10.7. The minimum Gasteiger partial charge on any atom is -0.457 e. The molecule has 0 radical (unpaired) electrons. The van der Waals surface area contributed by atoms with Crippen molar-refractivity contribution in [2.75, 3.05) is 0 Å². The van der Waals surface area contributed by atoms with Crippen LogP contribution in [0.15, 0.2) is 146 Å². The molecule has 0 bridgehead atoms. The summed E-state index contributed by atoms with van der Waals surface area (Å²) >= 11 is 0. The number of fused-ring (bicyclic) bond motifs is 3. The van der Waals surface area contributed by atoms with Crippen LogP contribution in [0.25, 0.3) is 55.8 Å². The Bertz CT molecular complexity index is 2160. The minimum atomic E-state index is -0.124. The van der Waals surface area contributed by atoms with E-state index in [9.17, 15) is 0 Å². The second-order valence-electron chi connectivity index (χ2n) is 11.8. The second-order valence-corrected chi connectivity index (χ2v) is 11.8. The van der Waals surface area contributed by atoms with Gasteiger partial charge in [-0.15, -0.1) is 0 Å². The first kappa shape index (κ1) is 26.1. The first-order chi connectivity index (χ1) is 21.6. The van der Waals surface area contributed by atoms with Crippen LogP contribution in [0.3, 0.4) is 0 Å². The van der Waals surface area contributed by atoms with Crippen LogP contribution in [0.5, 0.6) is 11.5 Å². The van der Waals surface area contributed by atoms with Crippen molar-refractivity contribution in [1.29, 1.82) is 0 Å². The smallest absolute Gasteiger partial charge is 0.161 e. The molecule has 0 fully saturated rings. The first-order valence-corrected chi connectivity index (χ1v) is 15.0. The summed E-state index contributed by atoms with van der Waals surface area (Å²) in [5, 5.41) is 1.05. The van der Waals surface area contributed by atoms with Gasteiger partial charge in [0, 0.05) is 33.1 Å². The fourth-order valence-electron chi connectivity index (χ4n) is 6.42. The molecule has 3 nitrogen and oxygen atoms in total. The van der Waals surface area contributed by atoms with E-state index in [2.05, 4.69) is 135 Å². The van der Waals surface area contributed by atoms with Crippen molar-refractivity contribution < 1.29 is 4.74 Å². The quantitative estimate of drug-likeness (QED) is 0.213. The Morgan fingerprint density at radius 3 is 1.95 bits per heavy atom. The zero-order chi connectivity index (χ0) is 29.7. The molecule has 2 heterocycles. The lowest BCUT2D eigenvalue weighted by Crippen LogP contribution is -2.24. The summed E-state index contributed by atoms with van der Waals surface area (Å²) in [7, 11) is 0. The van der Waals surface area contributed by atoms with Crippen LogP contribution in [0.1, 0.15) is 25.0 Å². The summed E-state index contributed by atoms with van der Waals surface area (Å²) in [6.07, 6.45) is 0. The third kappa shape index (κ3) is 4.37. The van der Waals surface area contributed by atoms with Crippen LogP contribution < -0.4 is 4.74 Å². The van der Waals surface area contributed by atoms with Crippen LogP contribution >= 0.6 is 0 Å². The van der Waals surface area contributed by atoms with Gasteiger partial charge in [0.15, 0.2) is 5.82 Å². The normalized spacial score (nSPS) is 13.1. The van der Waals surface area contributed by atoms with Gasteiger partial charge in [-0.1, -0.05) is 141 Å². The van der Waals surface area contributed by atoms with Crippen molar-refractivity contribution in [1.82, 2.24) is 9.97 Å². The molecule has 3 heteroatoms. The highest BCUT2D eigenvalue weighted by Gasteiger charge is 2.34. The molecule has 0 aliphatic carbocycles. The molecule has 0 atom stereocenters. The highest BCUT2D eigenvalue weighted by molar-refractivity contribution is 5.94. The summed E-state index contributed by atoms with van der Waals surface area (Å²) in [5.74, 6) is 2.57. The van der Waals surface area contributed by atoms with Gasteiger partial charge < -0.3 is 4.74 Å². The van der Waals surface area contributed by atoms with Gasteiger partial charge in [-0.2, -0.15) is 0 Å². The minimum absolute atomic E-state index is 0.124. The van der Waals surface area contributed by atoms with Gasteiger partial charge in [-0.25, -0.2) is 9.97 Å². The lowest BCUT2D eigenvalue weighted by atomic mass is 9.75. The third-order valence-electron chi connectivity index (χ3n) is 8.78. The van der Waals surface area contributed by atoms with E-state index in [1.165, 1.54) is 11.1 Å². The molecule has 44 heavy (non-hydrogen) atoms. The van der Waals surface area contributed by atoms with Crippen LogP contribution in [-0.4, -0.2) is 9.97 Å². The fraction of sp³-hybridized carbons (Fsp3) is 0.0732. The molecule has 1 aliphatic rings. The number of hydrogen-bond acceptors (Lipinski definition) is 3. The molecule has 0 spiro atoms. The van der Waals surface area contributed by atoms with E-state index in [1.807, 2.05) is 24.3 Å². The average Bonchev–Trinajstić information content (AvgIpc) is 3.08. The Balaban J connectivity index is 1.17. The van der Waals surface area contributed by atoms with Crippen molar-refractivity contribution in [2.24, 2.45) is 0 Å². The predicted octanol–water partition coefficient (Wildman–Crippen LogP) is 10.7. The number of rotatable bonds is 4.